The summed E-state index contributed by atoms with van der Waals surface area (Å²) >= 11 is 0. The van der Waals surface area contributed by atoms with Crippen molar-refractivity contribution in [1.82, 2.24) is 14.5 Å². The number of rotatable bonds is 8. The number of nitrogens with two attached hydrogens (primary N) is 1. The van der Waals surface area contributed by atoms with E-state index < -0.39 is 29.1 Å². The molecule has 1 saturated heterocycles. The number of aliphatic hydroxyl groups excluding tert-OH is 1. The van der Waals surface area contributed by atoms with E-state index in [2.05, 4.69) is 11.6 Å². The summed E-state index contributed by atoms with van der Waals surface area (Å²) < 4.78 is 50.1. The van der Waals surface area contributed by atoms with Crippen molar-refractivity contribution in [1.29, 1.82) is 0 Å². The Morgan fingerprint density at radius 3 is 2.51 bits per heavy atom. The highest BCUT2D eigenvalue weighted by Gasteiger charge is 2.47. The Bertz CT molecular complexity index is 1380. The standard InChI is InChI=1S/C29H33F3N4O3/c1-17-8-22(9-21-6-7-26(27(10-21)38-5)35-14-18(2)34-16-35)19(3)36(13-17)29(15-39-33,20(4)37)23-11-24(30)28(32)25(31)12-23/h6-7,9-12,14,16-17,20,37H,3,8,13,15,33H2,1-2,4-5H3/b22-9+. The fourth-order valence-corrected chi connectivity index (χ4v) is 5.29. The number of methoxy groups -OCH3 is 1. The van der Waals surface area contributed by atoms with E-state index in [0.29, 0.717) is 24.4 Å². The molecule has 3 N–H and O–H groups in total. The van der Waals surface area contributed by atoms with Gasteiger partial charge in [0.2, 0.25) is 0 Å². The number of imidazole rings is 1. The summed E-state index contributed by atoms with van der Waals surface area (Å²) in [5.41, 5.74) is 2.34. The van der Waals surface area contributed by atoms with E-state index in [-0.39, 0.29) is 18.1 Å². The molecule has 1 aliphatic heterocycles. The van der Waals surface area contributed by atoms with Crippen LogP contribution in [0.2, 0.25) is 0 Å². The minimum atomic E-state index is -1.60. The van der Waals surface area contributed by atoms with Gasteiger partial charge in [0.25, 0.3) is 0 Å². The zero-order chi connectivity index (χ0) is 28.5. The van der Waals surface area contributed by atoms with E-state index >= 15 is 0 Å². The van der Waals surface area contributed by atoms with E-state index in [9.17, 15) is 18.3 Å². The molecule has 0 bridgehead atoms. The Kier molecular flexibility index (Phi) is 8.20. The maximum Gasteiger partial charge on any atom is 0.194 e. The van der Waals surface area contributed by atoms with Gasteiger partial charge in [-0.3, -0.25) is 0 Å². The predicted octanol–water partition coefficient (Wildman–Crippen LogP) is 5.01. The summed E-state index contributed by atoms with van der Waals surface area (Å²) in [4.78, 5) is 11.0. The molecule has 1 aromatic heterocycles. The van der Waals surface area contributed by atoms with Crippen LogP contribution in [0.25, 0.3) is 11.8 Å². The van der Waals surface area contributed by atoms with Crippen LogP contribution < -0.4 is 10.6 Å². The number of allylic oxidation sites excluding steroid dienone is 1. The summed E-state index contributed by atoms with van der Waals surface area (Å²) in [6.45, 7) is 9.72. The Labute approximate surface area is 225 Å². The maximum atomic E-state index is 14.4. The van der Waals surface area contributed by atoms with Gasteiger partial charge in [0, 0.05) is 18.4 Å². The molecule has 0 saturated carbocycles. The van der Waals surface area contributed by atoms with Crippen LogP contribution in [0.5, 0.6) is 5.75 Å². The summed E-state index contributed by atoms with van der Waals surface area (Å²) in [6, 6.07) is 7.48. The number of ether oxygens (including phenoxy) is 1. The minimum Gasteiger partial charge on any atom is -0.495 e. The maximum absolute atomic E-state index is 14.4. The lowest BCUT2D eigenvalue weighted by Crippen LogP contribution is -2.58. The Morgan fingerprint density at radius 1 is 1.26 bits per heavy atom. The molecule has 3 aromatic rings. The topological polar surface area (TPSA) is 85.8 Å². The smallest absolute Gasteiger partial charge is 0.194 e. The van der Waals surface area contributed by atoms with Crippen LogP contribution in [0.1, 0.15) is 37.1 Å². The van der Waals surface area contributed by atoms with Crippen molar-refractivity contribution in [2.24, 2.45) is 11.8 Å². The Balaban J connectivity index is 1.79. The van der Waals surface area contributed by atoms with Crippen LogP contribution in [0.4, 0.5) is 13.2 Å². The molecule has 0 aliphatic carbocycles. The minimum absolute atomic E-state index is 0.0180. The van der Waals surface area contributed by atoms with Crippen molar-refractivity contribution in [2.45, 2.75) is 38.8 Å². The molecule has 39 heavy (non-hydrogen) atoms. The molecule has 3 atom stereocenters. The monoisotopic (exact) mass is 542 g/mol. The lowest BCUT2D eigenvalue weighted by Gasteiger charge is -2.51. The average molecular weight is 543 g/mol. The number of nitrogens with zero attached hydrogens (tertiary/aromatic N) is 3. The molecule has 4 rings (SSSR count). The Hall–Kier alpha value is -3.60. The van der Waals surface area contributed by atoms with E-state index in [4.69, 9.17) is 15.5 Å². The first-order valence-corrected chi connectivity index (χ1v) is 12.5. The predicted molar refractivity (Wildman–Crippen MR) is 142 cm³/mol. The quantitative estimate of drug-likeness (QED) is 0.308. The number of aliphatic hydroxyl groups is 1. The van der Waals surface area contributed by atoms with Crippen LogP contribution in [-0.2, 0) is 10.4 Å². The van der Waals surface area contributed by atoms with Gasteiger partial charge in [-0.15, -0.1) is 0 Å². The van der Waals surface area contributed by atoms with Gasteiger partial charge < -0.3 is 24.1 Å². The third kappa shape index (κ3) is 5.32. The van der Waals surface area contributed by atoms with Gasteiger partial charge in [-0.2, -0.15) is 0 Å². The largest absolute Gasteiger partial charge is 0.495 e. The first-order chi connectivity index (χ1) is 18.5. The lowest BCUT2D eigenvalue weighted by molar-refractivity contribution is -0.0751. The van der Waals surface area contributed by atoms with E-state index in [0.717, 1.165) is 34.7 Å². The van der Waals surface area contributed by atoms with Gasteiger partial charge in [-0.05, 0) is 73.2 Å². The number of aryl methyl sites for hydroxylation is 1. The fourth-order valence-electron chi connectivity index (χ4n) is 5.29. The van der Waals surface area contributed by atoms with Crippen molar-refractivity contribution < 1.29 is 27.9 Å². The molecule has 10 heteroatoms. The van der Waals surface area contributed by atoms with Crippen LogP contribution in [0.3, 0.4) is 0 Å². The molecular weight excluding hydrogens is 509 g/mol. The highest BCUT2D eigenvalue weighted by molar-refractivity contribution is 5.63. The second kappa shape index (κ2) is 11.3. The number of likely N-dealkylation sites (tertiary alicyclic amines) is 1. The van der Waals surface area contributed by atoms with Crippen molar-refractivity contribution in [2.75, 3.05) is 20.3 Å². The summed E-state index contributed by atoms with van der Waals surface area (Å²) in [7, 11) is 1.59. The van der Waals surface area contributed by atoms with E-state index in [1.165, 1.54) is 6.92 Å². The fraction of sp³-hybridized carbons (Fsp3) is 0.345. The van der Waals surface area contributed by atoms with Crippen LogP contribution in [-0.4, -0.2) is 45.9 Å². The lowest BCUT2D eigenvalue weighted by atomic mass is 9.79. The number of benzene rings is 2. The number of aromatic nitrogens is 2. The molecule has 0 spiro atoms. The SMILES string of the molecule is C=C1/C(=C/c2ccc(-n3cnc(C)c3)c(OC)c2)CC(C)CN1C(CON)(c1cc(F)c(F)c(F)c1)C(C)O. The highest BCUT2D eigenvalue weighted by atomic mass is 19.2. The summed E-state index contributed by atoms with van der Waals surface area (Å²) in [6.07, 6.45) is 5.00. The molecule has 208 valence electrons. The van der Waals surface area contributed by atoms with Crippen LogP contribution in [0, 0.1) is 30.3 Å². The second-order valence-electron chi connectivity index (χ2n) is 10.1. The van der Waals surface area contributed by atoms with Crippen molar-refractivity contribution in [3.63, 3.8) is 0 Å². The first kappa shape index (κ1) is 28.4. The van der Waals surface area contributed by atoms with Gasteiger partial charge in [0.05, 0.1) is 37.5 Å². The van der Waals surface area contributed by atoms with Gasteiger partial charge in [-0.25, -0.2) is 24.1 Å². The third-order valence-electron chi connectivity index (χ3n) is 7.25. The van der Waals surface area contributed by atoms with Crippen molar-refractivity contribution >= 4 is 6.08 Å². The Morgan fingerprint density at radius 2 is 1.95 bits per heavy atom. The highest BCUT2D eigenvalue weighted by Crippen LogP contribution is 2.43. The summed E-state index contributed by atoms with van der Waals surface area (Å²) in [5.74, 6) is 1.82. The van der Waals surface area contributed by atoms with Gasteiger partial charge in [-0.1, -0.05) is 19.6 Å². The molecule has 2 aromatic carbocycles. The van der Waals surface area contributed by atoms with Crippen molar-refractivity contribution in [3.05, 3.63) is 95.0 Å². The van der Waals surface area contributed by atoms with Gasteiger partial charge in [0.1, 0.15) is 11.3 Å². The van der Waals surface area contributed by atoms with E-state index in [1.807, 2.05) is 48.9 Å². The molecule has 1 fully saturated rings. The molecule has 7 nitrogen and oxygen atoms in total. The third-order valence-corrected chi connectivity index (χ3v) is 7.25. The first-order valence-electron chi connectivity index (χ1n) is 12.5. The average Bonchev–Trinajstić information content (AvgIpc) is 3.33. The number of hydrogen-bond acceptors (Lipinski definition) is 6. The zero-order valence-electron chi connectivity index (χ0n) is 22.4. The molecule has 3 unspecified atom stereocenters. The van der Waals surface area contributed by atoms with Gasteiger partial charge in [0.15, 0.2) is 17.5 Å². The van der Waals surface area contributed by atoms with Crippen LogP contribution >= 0.6 is 0 Å². The molecule has 2 heterocycles. The van der Waals surface area contributed by atoms with Gasteiger partial charge >= 0.3 is 0 Å². The number of hydrogen-bond donors (Lipinski definition) is 2. The molecular formula is C29H33F3N4O3. The second-order valence-corrected chi connectivity index (χ2v) is 10.1. The number of halogens is 3. The zero-order valence-corrected chi connectivity index (χ0v) is 22.4. The van der Waals surface area contributed by atoms with Crippen molar-refractivity contribution in [3.8, 4) is 11.4 Å². The number of piperidine rings is 1. The van der Waals surface area contributed by atoms with Crippen LogP contribution in [0.15, 0.2) is 60.7 Å². The molecule has 1 aliphatic rings. The summed E-state index contributed by atoms with van der Waals surface area (Å²) in [5, 5.41) is 11.0. The molecule has 0 radical (unpaired) electrons. The van der Waals surface area contributed by atoms with E-state index in [1.54, 1.807) is 18.3 Å². The molecule has 0 amide bonds. The normalized spacial score (nSPS) is 19.3.